The summed E-state index contributed by atoms with van der Waals surface area (Å²) < 4.78 is 0. The van der Waals surface area contributed by atoms with Crippen LogP contribution >= 0.6 is 0 Å². The number of hydrogen-bond donors (Lipinski definition) is 1. The van der Waals surface area contributed by atoms with Gasteiger partial charge in [0.2, 0.25) is 0 Å². The Kier molecular flexibility index (Phi) is 2.18. The molecule has 0 aliphatic heterocycles. The number of hydrogen-bond acceptors (Lipinski definition) is 1. The summed E-state index contributed by atoms with van der Waals surface area (Å²) >= 11 is 0. The Bertz CT molecular complexity index is 251. The highest BCUT2D eigenvalue weighted by Gasteiger charge is 2.04. The first kappa shape index (κ1) is 8.12. The summed E-state index contributed by atoms with van der Waals surface area (Å²) in [5.41, 5.74) is 1.95. The predicted molar refractivity (Wildman–Crippen MR) is 45.8 cm³/mol. The molecule has 11 heavy (non-hydrogen) atoms. The van der Waals surface area contributed by atoms with Gasteiger partial charge in [-0.1, -0.05) is 13.8 Å². The van der Waals surface area contributed by atoms with Crippen LogP contribution in [0.15, 0.2) is 12.1 Å². The number of aromatic hydroxyl groups is 1. The second kappa shape index (κ2) is 2.95. The Labute approximate surface area is 67.7 Å². The minimum Gasteiger partial charge on any atom is -0.508 e. The molecule has 0 bridgehead atoms. The Morgan fingerprint density at radius 2 is 2.09 bits per heavy atom. The number of aryl methyl sites for hydroxylation is 1. The molecule has 0 unspecified atom stereocenters. The van der Waals surface area contributed by atoms with Crippen molar-refractivity contribution >= 4 is 0 Å². The molecule has 1 radical (unpaired) electrons. The van der Waals surface area contributed by atoms with Crippen LogP contribution in [0, 0.1) is 13.0 Å². The van der Waals surface area contributed by atoms with Crippen molar-refractivity contribution in [3.05, 3.63) is 29.3 Å². The van der Waals surface area contributed by atoms with Gasteiger partial charge in [-0.05, 0) is 42.2 Å². The van der Waals surface area contributed by atoms with Gasteiger partial charge in [0.1, 0.15) is 5.75 Å². The zero-order chi connectivity index (χ0) is 8.43. The molecule has 0 aliphatic rings. The molecule has 0 amide bonds. The van der Waals surface area contributed by atoms with Crippen LogP contribution in [0.2, 0.25) is 0 Å². The molecule has 0 aliphatic carbocycles. The minimum atomic E-state index is 0.367. The Morgan fingerprint density at radius 3 is 2.55 bits per heavy atom. The Hall–Kier alpha value is -0.980. The van der Waals surface area contributed by atoms with Crippen LogP contribution < -0.4 is 0 Å². The molecule has 0 saturated carbocycles. The van der Waals surface area contributed by atoms with Crippen LogP contribution in [0.25, 0.3) is 0 Å². The van der Waals surface area contributed by atoms with Gasteiger partial charge in [0.15, 0.2) is 0 Å². The van der Waals surface area contributed by atoms with Gasteiger partial charge in [0, 0.05) is 0 Å². The molecule has 0 atom stereocenters. The van der Waals surface area contributed by atoms with E-state index >= 15 is 0 Å². The lowest BCUT2D eigenvalue weighted by molar-refractivity contribution is 0.464. The molecular formula is C10H13O. The number of benzene rings is 1. The second-order valence-electron chi connectivity index (χ2n) is 3.11. The van der Waals surface area contributed by atoms with Crippen LogP contribution in [0.4, 0.5) is 0 Å². The normalized spacial score (nSPS) is 10.5. The van der Waals surface area contributed by atoms with Crippen molar-refractivity contribution < 1.29 is 5.11 Å². The maximum atomic E-state index is 9.44. The number of rotatable bonds is 1. The lowest BCUT2D eigenvalue weighted by Crippen LogP contribution is -1.88. The third kappa shape index (κ3) is 1.73. The quantitative estimate of drug-likeness (QED) is 0.650. The van der Waals surface area contributed by atoms with Crippen molar-refractivity contribution in [2.24, 2.45) is 0 Å². The number of phenolic OH excluding ortho intramolecular Hbond substituents is 1. The molecule has 1 aromatic carbocycles. The van der Waals surface area contributed by atoms with Crippen LogP contribution in [0.1, 0.15) is 30.9 Å². The van der Waals surface area contributed by atoms with Gasteiger partial charge in [-0.2, -0.15) is 0 Å². The van der Waals surface area contributed by atoms with Gasteiger partial charge in [0.25, 0.3) is 0 Å². The molecule has 0 spiro atoms. The van der Waals surface area contributed by atoms with Gasteiger partial charge >= 0.3 is 0 Å². The SMILES string of the molecule is Cc1[c]cc(C(C)C)c(O)c1. The monoisotopic (exact) mass is 149 g/mol. The largest absolute Gasteiger partial charge is 0.508 e. The molecule has 0 aromatic heterocycles. The molecular weight excluding hydrogens is 136 g/mol. The van der Waals surface area contributed by atoms with E-state index in [9.17, 15) is 5.11 Å². The van der Waals surface area contributed by atoms with Crippen molar-refractivity contribution in [1.82, 2.24) is 0 Å². The van der Waals surface area contributed by atoms with Crippen molar-refractivity contribution in [1.29, 1.82) is 0 Å². The van der Waals surface area contributed by atoms with Gasteiger partial charge < -0.3 is 5.11 Å². The van der Waals surface area contributed by atoms with E-state index in [0.717, 1.165) is 11.1 Å². The van der Waals surface area contributed by atoms with Crippen molar-refractivity contribution in [3.63, 3.8) is 0 Å². The van der Waals surface area contributed by atoms with Gasteiger partial charge in [-0.25, -0.2) is 0 Å². The summed E-state index contributed by atoms with van der Waals surface area (Å²) in [6, 6.07) is 6.66. The molecule has 0 saturated heterocycles. The molecule has 1 heteroatoms. The van der Waals surface area contributed by atoms with E-state index in [1.54, 1.807) is 6.07 Å². The summed E-state index contributed by atoms with van der Waals surface area (Å²) in [4.78, 5) is 0. The molecule has 0 fully saturated rings. The maximum Gasteiger partial charge on any atom is 0.119 e. The minimum absolute atomic E-state index is 0.367. The predicted octanol–water partition coefficient (Wildman–Crippen LogP) is 2.62. The average molecular weight is 149 g/mol. The van der Waals surface area contributed by atoms with E-state index in [1.807, 2.05) is 13.0 Å². The summed E-state index contributed by atoms with van der Waals surface area (Å²) in [5.74, 6) is 0.753. The van der Waals surface area contributed by atoms with E-state index in [4.69, 9.17) is 0 Å². The zero-order valence-electron chi connectivity index (χ0n) is 7.18. The van der Waals surface area contributed by atoms with Crippen LogP contribution in [0.3, 0.4) is 0 Å². The molecule has 1 nitrogen and oxygen atoms in total. The van der Waals surface area contributed by atoms with E-state index in [2.05, 4.69) is 19.9 Å². The van der Waals surface area contributed by atoms with E-state index in [-0.39, 0.29) is 0 Å². The highest BCUT2D eigenvalue weighted by molar-refractivity contribution is 5.36. The van der Waals surface area contributed by atoms with Gasteiger partial charge in [-0.15, -0.1) is 0 Å². The van der Waals surface area contributed by atoms with Gasteiger partial charge in [0.05, 0.1) is 0 Å². The topological polar surface area (TPSA) is 20.2 Å². The first-order valence-corrected chi connectivity index (χ1v) is 3.82. The summed E-state index contributed by atoms with van der Waals surface area (Å²) in [6.07, 6.45) is 0. The van der Waals surface area contributed by atoms with E-state index in [1.165, 1.54) is 0 Å². The summed E-state index contributed by atoms with van der Waals surface area (Å²) in [7, 11) is 0. The fraction of sp³-hybridized carbons (Fsp3) is 0.400. The lowest BCUT2D eigenvalue weighted by Gasteiger charge is -2.07. The zero-order valence-corrected chi connectivity index (χ0v) is 7.18. The van der Waals surface area contributed by atoms with Crippen molar-refractivity contribution in [3.8, 4) is 5.75 Å². The first-order chi connectivity index (χ1) is 5.11. The second-order valence-corrected chi connectivity index (χ2v) is 3.11. The highest BCUT2D eigenvalue weighted by atomic mass is 16.3. The Morgan fingerprint density at radius 1 is 1.45 bits per heavy atom. The molecule has 1 aromatic rings. The molecule has 0 heterocycles. The summed E-state index contributed by atoms with van der Waals surface area (Å²) in [6.45, 7) is 6.03. The fourth-order valence-corrected chi connectivity index (χ4v) is 1.06. The third-order valence-electron chi connectivity index (χ3n) is 1.73. The Balaban J connectivity index is 3.09. The smallest absolute Gasteiger partial charge is 0.119 e. The van der Waals surface area contributed by atoms with E-state index < -0.39 is 0 Å². The third-order valence-corrected chi connectivity index (χ3v) is 1.73. The first-order valence-electron chi connectivity index (χ1n) is 3.82. The maximum absolute atomic E-state index is 9.44. The van der Waals surface area contributed by atoms with E-state index in [0.29, 0.717) is 11.7 Å². The molecule has 1 N–H and O–H groups in total. The van der Waals surface area contributed by atoms with Crippen molar-refractivity contribution in [2.75, 3.05) is 0 Å². The molecule has 1 rings (SSSR count). The highest BCUT2D eigenvalue weighted by Crippen LogP contribution is 2.25. The van der Waals surface area contributed by atoms with Crippen LogP contribution in [-0.4, -0.2) is 5.11 Å². The van der Waals surface area contributed by atoms with Crippen LogP contribution in [0.5, 0.6) is 5.75 Å². The summed E-state index contributed by atoms with van der Waals surface area (Å²) in [5, 5.41) is 9.44. The number of phenols is 1. The van der Waals surface area contributed by atoms with Crippen LogP contribution in [-0.2, 0) is 0 Å². The molecule has 59 valence electrons. The van der Waals surface area contributed by atoms with Crippen molar-refractivity contribution in [2.45, 2.75) is 26.7 Å². The lowest BCUT2D eigenvalue weighted by atomic mass is 10.0. The van der Waals surface area contributed by atoms with Gasteiger partial charge in [-0.3, -0.25) is 0 Å². The standard InChI is InChI=1S/C10H13O/c1-7(2)9-5-4-8(3)6-10(9)11/h5-7,11H,1-3H3. The average Bonchev–Trinajstić information content (AvgIpc) is 1.85. The fourth-order valence-electron chi connectivity index (χ4n) is 1.06.